The summed E-state index contributed by atoms with van der Waals surface area (Å²) in [4.78, 5) is 41.2. The molecule has 170 valence electrons. The van der Waals surface area contributed by atoms with E-state index in [1.54, 1.807) is 0 Å². The molecule has 1 unspecified atom stereocenters. The van der Waals surface area contributed by atoms with Crippen LogP contribution in [-0.2, 0) is 31.9 Å². The highest BCUT2D eigenvalue weighted by Crippen LogP contribution is 2.30. The Balaban J connectivity index is 1.65. The standard InChI is InChI=1S/C23H26N2O7/c1-14(23(28)31-17-9-8-15-6-4-5-7-16(15)12-17)25-22(27)20-21(32-19(26)13-29-2)18(30-3)10-11-24-20/h4-7,10-11,14,17H,8-9,12-13H2,1-3H3,(H,25,27)/t14-,17?/m0/s1. The predicted molar refractivity (Wildman–Crippen MR) is 114 cm³/mol. The van der Waals surface area contributed by atoms with Gasteiger partial charge < -0.3 is 24.3 Å². The molecule has 9 nitrogen and oxygen atoms in total. The first-order valence-electron chi connectivity index (χ1n) is 10.2. The summed E-state index contributed by atoms with van der Waals surface area (Å²) < 4.78 is 20.7. The molecule has 1 aromatic carbocycles. The fourth-order valence-corrected chi connectivity index (χ4v) is 3.47. The summed E-state index contributed by atoms with van der Waals surface area (Å²) in [7, 11) is 2.71. The van der Waals surface area contributed by atoms with Crippen molar-refractivity contribution in [2.24, 2.45) is 0 Å². The van der Waals surface area contributed by atoms with Gasteiger partial charge in [0, 0.05) is 25.8 Å². The minimum Gasteiger partial charge on any atom is -0.493 e. The number of fused-ring (bicyclic) bond motifs is 1. The number of hydrogen-bond acceptors (Lipinski definition) is 8. The number of esters is 2. The summed E-state index contributed by atoms with van der Waals surface area (Å²) in [6.07, 6.45) is 3.28. The summed E-state index contributed by atoms with van der Waals surface area (Å²) in [5.41, 5.74) is 2.23. The average molecular weight is 442 g/mol. The van der Waals surface area contributed by atoms with E-state index in [1.165, 1.54) is 39.0 Å². The van der Waals surface area contributed by atoms with Crippen LogP contribution in [0, 0.1) is 0 Å². The molecule has 1 aliphatic carbocycles. The molecule has 0 spiro atoms. The van der Waals surface area contributed by atoms with Gasteiger partial charge in [0.15, 0.2) is 11.4 Å². The number of aromatic nitrogens is 1. The molecule has 1 heterocycles. The largest absolute Gasteiger partial charge is 0.493 e. The van der Waals surface area contributed by atoms with E-state index in [-0.39, 0.29) is 29.9 Å². The number of methoxy groups -OCH3 is 2. The van der Waals surface area contributed by atoms with Gasteiger partial charge in [-0.15, -0.1) is 0 Å². The molecule has 1 aromatic heterocycles. The quantitative estimate of drug-likeness (QED) is 0.617. The van der Waals surface area contributed by atoms with Gasteiger partial charge >= 0.3 is 11.9 Å². The van der Waals surface area contributed by atoms with Crippen molar-refractivity contribution in [1.29, 1.82) is 0 Å². The molecule has 0 bridgehead atoms. The van der Waals surface area contributed by atoms with E-state index < -0.39 is 23.9 Å². The third kappa shape index (κ3) is 5.61. The minimum absolute atomic E-state index is 0.144. The minimum atomic E-state index is -0.935. The molecule has 0 saturated heterocycles. The summed E-state index contributed by atoms with van der Waals surface area (Å²) >= 11 is 0. The second kappa shape index (κ2) is 10.7. The molecule has 2 aromatic rings. The first-order chi connectivity index (χ1) is 15.4. The number of nitrogens with zero attached hydrogens (tertiary/aromatic N) is 1. The molecule has 2 atom stereocenters. The lowest BCUT2D eigenvalue weighted by Gasteiger charge is -2.26. The summed E-state index contributed by atoms with van der Waals surface area (Å²) in [6, 6.07) is 8.58. The van der Waals surface area contributed by atoms with E-state index in [1.807, 2.05) is 18.2 Å². The van der Waals surface area contributed by atoms with Crippen molar-refractivity contribution in [1.82, 2.24) is 10.3 Å². The van der Waals surface area contributed by atoms with Crippen LogP contribution in [0.3, 0.4) is 0 Å². The smallest absolute Gasteiger partial charge is 0.337 e. The van der Waals surface area contributed by atoms with Gasteiger partial charge in [-0.05, 0) is 30.9 Å². The Morgan fingerprint density at radius 2 is 1.91 bits per heavy atom. The van der Waals surface area contributed by atoms with E-state index in [4.69, 9.17) is 18.9 Å². The maximum atomic E-state index is 12.8. The molecule has 32 heavy (non-hydrogen) atoms. The van der Waals surface area contributed by atoms with Crippen molar-refractivity contribution in [3.8, 4) is 11.5 Å². The molecule has 1 amide bonds. The number of amides is 1. The number of rotatable bonds is 8. The molecule has 9 heteroatoms. The highest BCUT2D eigenvalue weighted by Gasteiger charge is 2.28. The zero-order valence-corrected chi connectivity index (χ0v) is 18.3. The van der Waals surface area contributed by atoms with Crippen molar-refractivity contribution in [3.05, 3.63) is 53.3 Å². The molecule has 0 aliphatic heterocycles. The number of carbonyl (C=O) groups excluding carboxylic acids is 3. The Bertz CT molecular complexity index is 992. The fourth-order valence-electron chi connectivity index (χ4n) is 3.47. The number of carbonyl (C=O) groups is 3. The van der Waals surface area contributed by atoms with Gasteiger partial charge in [-0.25, -0.2) is 14.6 Å². The summed E-state index contributed by atoms with van der Waals surface area (Å²) in [5.74, 6) is -1.99. The van der Waals surface area contributed by atoms with Gasteiger partial charge in [-0.3, -0.25) is 4.79 Å². The third-order valence-electron chi connectivity index (χ3n) is 5.07. The predicted octanol–water partition coefficient (Wildman–Crippen LogP) is 1.86. The Labute approximate surface area is 186 Å². The van der Waals surface area contributed by atoms with Gasteiger partial charge in [0.05, 0.1) is 7.11 Å². The number of hydrogen-bond donors (Lipinski definition) is 1. The van der Waals surface area contributed by atoms with Crippen molar-refractivity contribution in [2.75, 3.05) is 20.8 Å². The molecule has 0 fully saturated rings. The second-order valence-electron chi connectivity index (χ2n) is 7.36. The zero-order valence-electron chi connectivity index (χ0n) is 18.3. The molecule has 1 N–H and O–H groups in total. The lowest BCUT2D eigenvalue weighted by atomic mass is 9.90. The maximum Gasteiger partial charge on any atom is 0.337 e. The van der Waals surface area contributed by atoms with Crippen LogP contribution in [0.1, 0.15) is 35.0 Å². The van der Waals surface area contributed by atoms with Crippen molar-refractivity contribution < 1.29 is 33.3 Å². The van der Waals surface area contributed by atoms with Crippen LogP contribution in [0.2, 0.25) is 0 Å². The average Bonchev–Trinajstić information content (AvgIpc) is 2.79. The number of aryl methyl sites for hydroxylation is 1. The molecular weight excluding hydrogens is 416 g/mol. The van der Waals surface area contributed by atoms with Gasteiger partial charge in [-0.2, -0.15) is 0 Å². The van der Waals surface area contributed by atoms with Crippen LogP contribution >= 0.6 is 0 Å². The van der Waals surface area contributed by atoms with Crippen molar-refractivity contribution >= 4 is 17.8 Å². The van der Waals surface area contributed by atoms with Crippen LogP contribution in [0.4, 0.5) is 0 Å². The number of benzene rings is 1. The number of ether oxygens (including phenoxy) is 4. The number of pyridine rings is 1. The Hall–Kier alpha value is -3.46. The lowest BCUT2D eigenvalue weighted by Crippen LogP contribution is -2.42. The molecule has 0 saturated carbocycles. The van der Waals surface area contributed by atoms with E-state index >= 15 is 0 Å². The van der Waals surface area contributed by atoms with Crippen LogP contribution in [0.25, 0.3) is 0 Å². The number of nitrogens with one attached hydrogen (secondary N) is 1. The normalized spacial score (nSPS) is 15.8. The van der Waals surface area contributed by atoms with Crippen LogP contribution in [0.5, 0.6) is 11.5 Å². The van der Waals surface area contributed by atoms with Crippen LogP contribution < -0.4 is 14.8 Å². The first-order valence-corrected chi connectivity index (χ1v) is 10.2. The van der Waals surface area contributed by atoms with Gasteiger partial charge in [0.25, 0.3) is 5.91 Å². The van der Waals surface area contributed by atoms with Crippen LogP contribution in [-0.4, -0.2) is 55.8 Å². The zero-order chi connectivity index (χ0) is 23.1. The van der Waals surface area contributed by atoms with Gasteiger partial charge in [0.1, 0.15) is 18.8 Å². The Kier molecular flexibility index (Phi) is 7.77. The van der Waals surface area contributed by atoms with Crippen molar-refractivity contribution in [2.45, 2.75) is 38.3 Å². The molecule has 0 radical (unpaired) electrons. The van der Waals surface area contributed by atoms with E-state index in [9.17, 15) is 14.4 Å². The van der Waals surface area contributed by atoms with Gasteiger partial charge in [0.2, 0.25) is 5.75 Å². The SMILES string of the molecule is COCC(=O)Oc1c(OC)ccnc1C(=O)N[C@@H](C)C(=O)OC1CCc2ccccc2C1. The molecular formula is C23H26N2O7. The van der Waals surface area contributed by atoms with Gasteiger partial charge in [-0.1, -0.05) is 24.3 Å². The highest BCUT2D eigenvalue weighted by molar-refractivity contribution is 5.98. The highest BCUT2D eigenvalue weighted by atomic mass is 16.6. The Morgan fingerprint density at radius 3 is 2.62 bits per heavy atom. The second-order valence-corrected chi connectivity index (χ2v) is 7.36. The van der Waals surface area contributed by atoms with E-state index in [2.05, 4.69) is 16.4 Å². The van der Waals surface area contributed by atoms with Crippen molar-refractivity contribution in [3.63, 3.8) is 0 Å². The molecule has 3 rings (SSSR count). The summed E-state index contributed by atoms with van der Waals surface area (Å²) in [5, 5.41) is 2.55. The summed E-state index contributed by atoms with van der Waals surface area (Å²) in [6.45, 7) is 1.21. The maximum absolute atomic E-state index is 12.8. The third-order valence-corrected chi connectivity index (χ3v) is 5.07. The monoisotopic (exact) mass is 442 g/mol. The lowest BCUT2D eigenvalue weighted by molar-refractivity contribution is -0.151. The van der Waals surface area contributed by atoms with E-state index in [0.29, 0.717) is 6.42 Å². The van der Waals surface area contributed by atoms with E-state index in [0.717, 1.165) is 18.4 Å². The fraction of sp³-hybridized carbons (Fsp3) is 0.391. The van der Waals surface area contributed by atoms with Crippen LogP contribution in [0.15, 0.2) is 36.5 Å². The first kappa shape index (κ1) is 23.2. The molecule has 1 aliphatic rings. The Morgan fingerprint density at radius 1 is 1.16 bits per heavy atom. The topological polar surface area (TPSA) is 113 Å².